The van der Waals surface area contributed by atoms with Gasteiger partial charge in [-0.25, -0.2) is 0 Å². The van der Waals surface area contributed by atoms with Crippen LogP contribution in [0.1, 0.15) is 18.4 Å². The van der Waals surface area contributed by atoms with E-state index in [0.29, 0.717) is 31.0 Å². The number of halogens is 1. The predicted molar refractivity (Wildman–Crippen MR) is 79.0 cm³/mol. The van der Waals surface area contributed by atoms with Gasteiger partial charge in [-0.15, -0.1) is 0 Å². The Morgan fingerprint density at radius 3 is 2.60 bits per heavy atom. The van der Waals surface area contributed by atoms with Gasteiger partial charge in [0.05, 0.1) is 0 Å². The van der Waals surface area contributed by atoms with E-state index >= 15 is 0 Å². The zero-order valence-electron chi connectivity index (χ0n) is 11.1. The number of primary amides is 1. The highest BCUT2D eigenvalue weighted by Gasteiger charge is 2.24. The van der Waals surface area contributed by atoms with Crippen LogP contribution in [0.3, 0.4) is 0 Å². The minimum Gasteiger partial charge on any atom is -0.369 e. The molecule has 4 nitrogen and oxygen atoms in total. The fourth-order valence-corrected chi connectivity index (χ4v) is 2.47. The van der Waals surface area contributed by atoms with E-state index < -0.39 is 0 Å². The average Bonchev–Trinajstić information content (AvgIpc) is 2.45. The smallest absolute Gasteiger partial charge is 0.246 e. The van der Waals surface area contributed by atoms with Gasteiger partial charge >= 0.3 is 0 Å². The van der Waals surface area contributed by atoms with Gasteiger partial charge in [0.2, 0.25) is 11.8 Å². The molecular formula is C15H17ClN2O2. The van der Waals surface area contributed by atoms with Crippen LogP contribution in [-0.2, 0) is 9.59 Å². The number of likely N-dealkylation sites (tertiary alicyclic amines) is 1. The van der Waals surface area contributed by atoms with E-state index in [-0.39, 0.29) is 17.7 Å². The maximum Gasteiger partial charge on any atom is 0.246 e. The highest BCUT2D eigenvalue weighted by Crippen LogP contribution is 2.17. The molecule has 0 aliphatic carbocycles. The number of hydrogen-bond donors (Lipinski definition) is 1. The standard InChI is InChI=1S/C15H17ClN2O2/c16-13-3-1-2-11(10-13)4-5-14(19)18-8-6-12(7-9-18)15(17)20/h1-5,10,12H,6-9H2,(H2,17,20)/b5-4+. The summed E-state index contributed by atoms with van der Waals surface area (Å²) in [6.45, 7) is 1.15. The van der Waals surface area contributed by atoms with E-state index in [9.17, 15) is 9.59 Å². The van der Waals surface area contributed by atoms with Crippen molar-refractivity contribution < 1.29 is 9.59 Å². The molecule has 1 aromatic carbocycles. The first-order chi connectivity index (χ1) is 9.56. The Morgan fingerprint density at radius 2 is 2.00 bits per heavy atom. The van der Waals surface area contributed by atoms with Crippen LogP contribution in [0.2, 0.25) is 5.02 Å². The number of hydrogen-bond acceptors (Lipinski definition) is 2. The van der Waals surface area contributed by atoms with E-state index in [4.69, 9.17) is 17.3 Å². The summed E-state index contributed by atoms with van der Waals surface area (Å²) in [6.07, 6.45) is 4.57. The lowest BCUT2D eigenvalue weighted by molar-refractivity contribution is -0.130. The number of benzene rings is 1. The molecule has 0 bridgehead atoms. The van der Waals surface area contributed by atoms with Crippen molar-refractivity contribution in [3.63, 3.8) is 0 Å². The number of nitrogens with two attached hydrogens (primary N) is 1. The molecule has 5 heteroatoms. The van der Waals surface area contributed by atoms with Crippen molar-refractivity contribution in [2.75, 3.05) is 13.1 Å². The van der Waals surface area contributed by atoms with Gasteiger partial charge in [0, 0.05) is 30.1 Å². The Kier molecular flexibility index (Phi) is 4.79. The Hall–Kier alpha value is -1.81. The lowest BCUT2D eigenvalue weighted by Gasteiger charge is -2.29. The normalized spacial score (nSPS) is 16.6. The van der Waals surface area contributed by atoms with Crippen molar-refractivity contribution in [3.8, 4) is 0 Å². The highest BCUT2D eigenvalue weighted by molar-refractivity contribution is 6.30. The number of carbonyl (C=O) groups is 2. The minimum atomic E-state index is -0.272. The predicted octanol–water partition coefficient (Wildman–Crippen LogP) is 2.08. The first-order valence-corrected chi connectivity index (χ1v) is 6.96. The van der Waals surface area contributed by atoms with E-state index in [1.54, 1.807) is 23.1 Å². The molecule has 1 saturated heterocycles. The Balaban J connectivity index is 1.91. The lowest BCUT2D eigenvalue weighted by Crippen LogP contribution is -2.41. The maximum atomic E-state index is 12.0. The molecule has 20 heavy (non-hydrogen) atoms. The van der Waals surface area contributed by atoms with Crippen LogP contribution >= 0.6 is 11.6 Å². The van der Waals surface area contributed by atoms with Gasteiger partial charge < -0.3 is 10.6 Å². The molecule has 1 aromatic rings. The zero-order valence-corrected chi connectivity index (χ0v) is 11.8. The van der Waals surface area contributed by atoms with Crippen LogP contribution in [0.4, 0.5) is 0 Å². The Bertz CT molecular complexity index is 534. The quantitative estimate of drug-likeness (QED) is 0.867. The lowest BCUT2D eigenvalue weighted by atomic mass is 9.96. The van der Waals surface area contributed by atoms with Crippen LogP contribution < -0.4 is 5.73 Å². The summed E-state index contributed by atoms with van der Waals surface area (Å²) in [4.78, 5) is 24.8. The van der Waals surface area contributed by atoms with Crippen LogP contribution in [0, 0.1) is 5.92 Å². The molecule has 0 aromatic heterocycles. The largest absolute Gasteiger partial charge is 0.369 e. The van der Waals surface area contributed by atoms with E-state index in [2.05, 4.69) is 0 Å². The van der Waals surface area contributed by atoms with Crippen LogP contribution in [-0.4, -0.2) is 29.8 Å². The van der Waals surface area contributed by atoms with Gasteiger partial charge in [-0.05, 0) is 36.6 Å². The highest BCUT2D eigenvalue weighted by atomic mass is 35.5. The van der Waals surface area contributed by atoms with Crippen molar-refractivity contribution in [3.05, 3.63) is 40.9 Å². The molecule has 2 rings (SSSR count). The molecule has 0 spiro atoms. The first kappa shape index (κ1) is 14.6. The molecule has 0 unspecified atom stereocenters. The summed E-state index contributed by atoms with van der Waals surface area (Å²) in [5, 5.41) is 0.641. The summed E-state index contributed by atoms with van der Waals surface area (Å²) < 4.78 is 0. The fraction of sp³-hybridized carbons (Fsp3) is 0.333. The van der Waals surface area contributed by atoms with Crippen molar-refractivity contribution in [2.24, 2.45) is 11.7 Å². The average molecular weight is 293 g/mol. The second-order valence-corrected chi connectivity index (χ2v) is 5.33. The number of amides is 2. The Labute approximate surface area is 123 Å². The molecule has 1 aliphatic heterocycles. The molecule has 0 atom stereocenters. The third-order valence-electron chi connectivity index (χ3n) is 3.48. The van der Waals surface area contributed by atoms with E-state index in [1.807, 2.05) is 12.1 Å². The third-order valence-corrected chi connectivity index (χ3v) is 3.71. The number of piperidine rings is 1. The van der Waals surface area contributed by atoms with Gasteiger partial charge in [-0.2, -0.15) is 0 Å². The van der Waals surface area contributed by atoms with Crippen LogP contribution in [0.5, 0.6) is 0 Å². The molecule has 0 saturated carbocycles. The summed E-state index contributed by atoms with van der Waals surface area (Å²) in [5.74, 6) is -0.421. The second-order valence-electron chi connectivity index (χ2n) is 4.89. The number of rotatable bonds is 3. The summed E-state index contributed by atoms with van der Waals surface area (Å²) in [7, 11) is 0. The van der Waals surface area contributed by atoms with Crippen molar-refractivity contribution in [1.29, 1.82) is 0 Å². The van der Waals surface area contributed by atoms with Crippen molar-refractivity contribution in [2.45, 2.75) is 12.8 Å². The topological polar surface area (TPSA) is 63.4 Å². The van der Waals surface area contributed by atoms with Crippen molar-refractivity contribution >= 4 is 29.5 Å². The third kappa shape index (κ3) is 3.84. The van der Waals surface area contributed by atoms with Gasteiger partial charge in [0.1, 0.15) is 0 Å². The van der Waals surface area contributed by atoms with Gasteiger partial charge in [-0.1, -0.05) is 23.7 Å². The molecule has 1 aliphatic rings. The first-order valence-electron chi connectivity index (χ1n) is 6.58. The van der Waals surface area contributed by atoms with Crippen LogP contribution in [0.15, 0.2) is 30.3 Å². The molecular weight excluding hydrogens is 276 g/mol. The molecule has 1 fully saturated rings. The fourth-order valence-electron chi connectivity index (χ4n) is 2.27. The monoisotopic (exact) mass is 292 g/mol. The molecule has 2 N–H and O–H groups in total. The van der Waals surface area contributed by atoms with Crippen LogP contribution in [0.25, 0.3) is 6.08 Å². The summed E-state index contributed by atoms with van der Waals surface area (Å²) >= 11 is 5.88. The molecule has 1 heterocycles. The SMILES string of the molecule is NC(=O)C1CCN(C(=O)/C=C/c2cccc(Cl)c2)CC1. The van der Waals surface area contributed by atoms with E-state index in [1.165, 1.54) is 6.08 Å². The maximum absolute atomic E-state index is 12.0. The summed E-state index contributed by atoms with van der Waals surface area (Å²) in [5.41, 5.74) is 6.16. The van der Waals surface area contributed by atoms with Gasteiger partial charge in [0.15, 0.2) is 0 Å². The molecule has 0 radical (unpaired) electrons. The molecule has 106 valence electrons. The zero-order chi connectivity index (χ0) is 14.5. The van der Waals surface area contributed by atoms with Gasteiger partial charge in [0.25, 0.3) is 0 Å². The summed E-state index contributed by atoms with van der Waals surface area (Å²) in [6, 6.07) is 7.31. The molecule has 2 amide bonds. The van der Waals surface area contributed by atoms with E-state index in [0.717, 1.165) is 5.56 Å². The van der Waals surface area contributed by atoms with Crippen molar-refractivity contribution in [1.82, 2.24) is 4.90 Å². The number of carbonyl (C=O) groups excluding carboxylic acids is 2. The Morgan fingerprint density at radius 1 is 1.30 bits per heavy atom. The second kappa shape index (κ2) is 6.57. The minimum absolute atomic E-state index is 0.0482. The van der Waals surface area contributed by atoms with Gasteiger partial charge in [-0.3, -0.25) is 9.59 Å². The number of nitrogens with zero attached hydrogens (tertiary/aromatic N) is 1.